The highest BCUT2D eigenvalue weighted by Gasteiger charge is 2.29. The lowest BCUT2D eigenvalue weighted by Crippen LogP contribution is -2.33. The van der Waals surface area contributed by atoms with Crippen LogP contribution in [-0.4, -0.2) is 34.2 Å². The molecule has 0 unspecified atom stereocenters. The van der Waals surface area contributed by atoms with Crippen molar-refractivity contribution in [1.29, 1.82) is 0 Å². The molecule has 0 bridgehead atoms. The normalized spacial score (nSPS) is 17.8. The zero-order chi connectivity index (χ0) is 17.1. The van der Waals surface area contributed by atoms with Crippen molar-refractivity contribution >= 4 is 17.4 Å². The van der Waals surface area contributed by atoms with Crippen LogP contribution in [0.1, 0.15) is 41.9 Å². The van der Waals surface area contributed by atoms with Gasteiger partial charge in [0.25, 0.3) is 0 Å². The Morgan fingerprint density at radius 3 is 2.71 bits per heavy atom. The summed E-state index contributed by atoms with van der Waals surface area (Å²) in [5, 5.41) is 2.89. The topological polar surface area (TPSA) is 54.3 Å². The Kier molecular flexibility index (Phi) is 4.81. The minimum Gasteiger partial charge on any atom is -0.353 e. The van der Waals surface area contributed by atoms with Crippen LogP contribution in [0.5, 0.6) is 0 Å². The molecule has 5 heteroatoms. The number of carbonyl (C=O) groups excluding carboxylic acids is 2. The molecule has 2 heterocycles. The first-order valence-electron chi connectivity index (χ1n) is 8.31. The van der Waals surface area contributed by atoms with E-state index >= 15 is 0 Å². The Morgan fingerprint density at radius 2 is 2.00 bits per heavy atom. The van der Waals surface area contributed by atoms with Gasteiger partial charge in [0, 0.05) is 24.5 Å². The molecule has 0 aliphatic carbocycles. The number of carbonyl (C=O) groups is 2. The third-order valence-corrected chi connectivity index (χ3v) is 4.62. The average molecular weight is 325 g/mol. The fraction of sp³-hybridized carbons (Fsp3) is 0.368. The predicted octanol–water partition coefficient (Wildman–Crippen LogP) is 3.00. The van der Waals surface area contributed by atoms with Crippen molar-refractivity contribution in [2.24, 2.45) is 7.05 Å². The van der Waals surface area contributed by atoms with Crippen molar-refractivity contribution in [3.05, 3.63) is 53.9 Å². The number of aryl methyl sites for hydroxylation is 1. The maximum absolute atomic E-state index is 12.5. The van der Waals surface area contributed by atoms with E-state index in [0.717, 1.165) is 19.4 Å². The standard InChI is InChI=1S/C19H23N3O2/c1-14(23)15-7-3-4-8-16(15)20-19(24)13-22-12-6-10-18(22)17-9-5-11-21(17)2/h3-5,7-9,11,18H,6,10,12-13H2,1-2H3,(H,20,24)/t18-/m0/s1. The number of aromatic nitrogens is 1. The van der Waals surface area contributed by atoms with Gasteiger partial charge in [-0.1, -0.05) is 12.1 Å². The number of Topliss-reactive ketones (excluding diaryl/α,β-unsaturated/α-hetero) is 1. The number of benzene rings is 1. The van der Waals surface area contributed by atoms with E-state index in [0.29, 0.717) is 17.8 Å². The second-order valence-electron chi connectivity index (χ2n) is 6.32. The van der Waals surface area contributed by atoms with Crippen LogP contribution in [0.3, 0.4) is 0 Å². The molecule has 3 rings (SSSR count). The lowest BCUT2D eigenvalue weighted by molar-refractivity contribution is -0.117. The molecule has 1 aliphatic heterocycles. The summed E-state index contributed by atoms with van der Waals surface area (Å²) in [4.78, 5) is 26.4. The monoisotopic (exact) mass is 325 g/mol. The maximum atomic E-state index is 12.5. The number of rotatable bonds is 5. The van der Waals surface area contributed by atoms with Crippen molar-refractivity contribution in [3.8, 4) is 0 Å². The SMILES string of the molecule is CC(=O)c1ccccc1NC(=O)CN1CCC[C@H]1c1cccn1C. The van der Waals surface area contributed by atoms with Gasteiger partial charge in [0.1, 0.15) is 0 Å². The number of para-hydroxylation sites is 1. The fourth-order valence-electron chi connectivity index (χ4n) is 3.44. The molecule has 1 N–H and O–H groups in total. The van der Waals surface area contributed by atoms with Gasteiger partial charge >= 0.3 is 0 Å². The summed E-state index contributed by atoms with van der Waals surface area (Å²) in [5.41, 5.74) is 2.38. The van der Waals surface area contributed by atoms with Gasteiger partial charge in [-0.3, -0.25) is 14.5 Å². The van der Waals surface area contributed by atoms with E-state index < -0.39 is 0 Å². The Labute approximate surface area is 142 Å². The van der Waals surface area contributed by atoms with E-state index in [1.807, 2.05) is 25.4 Å². The summed E-state index contributed by atoms with van der Waals surface area (Å²) in [6.45, 7) is 2.76. The lowest BCUT2D eigenvalue weighted by atomic mass is 10.1. The maximum Gasteiger partial charge on any atom is 0.238 e. The number of amides is 1. The second-order valence-corrected chi connectivity index (χ2v) is 6.32. The van der Waals surface area contributed by atoms with E-state index in [-0.39, 0.29) is 17.7 Å². The van der Waals surface area contributed by atoms with Crippen molar-refractivity contribution < 1.29 is 9.59 Å². The molecule has 0 saturated carbocycles. The predicted molar refractivity (Wildman–Crippen MR) is 94.0 cm³/mol. The van der Waals surface area contributed by atoms with Crippen molar-refractivity contribution in [2.75, 3.05) is 18.4 Å². The molecule has 0 radical (unpaired) electrons. The van der Waals surface area contributed by atoms with Gasteiger partial charge in [-0.25, -0.2) is 0 Å². The van der Waals surface area contributed by atoms with Gasteiger partial charge in [0.2, 0.25) is 5.91 Å². The molecule has 2 aromatic rings. The van der Waals surface area contributed by atoms with Crippen LogP contribution in [0.4, 0.5) is 5.69 Å². The molecule has 24 heavy (non-hydrogen) atoms. The molecule has 5 nitrogen and oxygen atoms in total. The molecule has 1 fully saturated rings. The van der Waals surface area contributed by atoms with Crippen molar-refractivity contribution in [1.82, 2.24) is 9.47 Å². The number of hydrogen-bond donors (Lipinski definition) is 1. The van der Waals surface area contributed by atoms with Gasteiger partial charge in [-0.05, 0) is 50.6 Å². The number of anilines is 1. The molecule has 1 saturated heterocycles. The summed E-state index contributed by atoms with van der Waals surface area (Å²) in [5.74, 6) is -0.126. The molecule has 1 aromatic heterocycles. The zero-order valence-electron chi connectivity index (χ0n) is 14.2. The van der Waals surface area contributed by atoms with E-state index in [4.69, 9.17) is 0 Å². The van der Waals surface area contributed by atoms with Crippen LogP contribution in [0, 0.1) is 0 Å². The highest BCUT2D eigenvalue weighted by atomic mass is 16.2. The number of nitrogens with one attached hydrogen (secondary N) is 1. The minimum absolute atomic E-state index is 0.0474. The Balaban J connectivity index is 1.69. The molecular formula is C19H23N3O2. The highest BCUT2D eigenvalue weighted by Crippen LogP contribution is 2.31. The average Bonchev–Trinajstić information content (AvgIpc) is 3.16. The van der Waals surface area contributed by atoms with Crippen LogP contribution in [0.2, 0.25) is 0 Å². The summed E-state index contributed by atoms with van der Waals surface area (Å²) in [6, 6.07) is 11.6. The Hall–Kier alpha value is -2.40. The van der Waals surface area contributed by atoms with Gasteiger partial charge in [0.05, 0.1) is 18.3 Å². The van der Waals surface area contributed by atoms with Crippen LogP contribution in [-0.2, 0) is 11.8 Å². The van der Waals surface area contributed by atoms with Gasteiger partial charge < -0.3 is 9.88 Å². The molecule has 1 aliphatic rings. The Bertz CT molecular complexity index is 751. The molecular weight excluding hydrogens is 302 g/mol. The van der Waals surface area contributed by atoms with E-state index in [1.165, 1.54) is 12.6 Å². The highest BCUT2D eigenvalue weighted by molar-refractivity contribution is 6.04. The summed E-state index contributed by atoms with van der Waals surface area (Å²) >= 11 is 0. The summed E-state index contributed by atoms with van der Waals surface area (Å²) < 4.78 is 2.12. The van der Waals surface area contributed by atoms with E-state index in [2.05, 4.69) is 20.9 Å². The molecule has 0 spiro atoms. The van der Waals surface area contributed by atoms with Crippen LogP contribution < -0.4 is 5.32 Å². The fourth-order valence-corrected chi connectivity index (χ4v) is 3.44. The van der Waals surface area contributed by atoms with E-state index in [1.54, 1.807) is 18.2 Å². The first kappa shape index (κ1) is 16.5. The number of ketones is 1. The quantitative estimate of drug-likeness (QED) is 0.860. The minimum atomic E-state index is -0.0789. The third kappa shape index (κ3) is 3.41. The zero-order valence-corrected chi connectivity index (χ0v) is 14.2. The van der Waals surface area contributed by atoms with Gasteiger partial charge in [0.15, 0.2) is 5.78 Å². The van der Waals surface area contributed by atoms with Crippen LogP contribution in [0.25, 0.3) is 0 Å². The molecule has 1 amide bonds. The molecule has 126 valence electrons. The summed E-state index contributed by atoms with van der Waals surface area (Å²) in [6.07, 6.45) is 4.19. The van der Waals surface area contributed by atoms with Crippen LogP contribution in [0.15, 0.2) is 42.6 Å². The Morgan fingerprint density at radius 1 is 1.21 bits per heavy atom. The largest absolute Gasteiger partial charge is 0.353 e. The summed E-state index contributed by atoms with van der Waals surface area (Å²) in [7, 11) is 2.04. The van der Waals surface area contributed by atoms with E-state index in [9.17, 15) is 9.59 Å². The van der Waals surface area contributed by atoms with Crippen molar-refractivity contribution in [3.63, 3.8) is 0 Å². The third-order valence-electron chi connectivity index (χ3n) is 4.62. The first-order chi connectivity index (χ1) is 11.6. The smallest absolute Gasteiger partial charge is 0.238 e. The lowest BCUT2D eigenvalue weighted by Gasteiger charge is -2.24. The molecule has 1 aromatic carbocycles. The van der Waals surface area contributed by atoms with Crippen molar-refractivity contribution in [2.45, 2.75) is 25.8 Å². The van der Waals surface area contributed by atoms with Crippen LogP contribution >= 0.6 is 0 Å². The van der Waals surface area contributed by atoms with Gasteiger partial charge in [-0.15, -0.1) is 0 Å². The first-order valence-corrected chi connectivity index (χ1v) is 8.31. The van der Waals surface area contributed by atoms with Gasteiger partial charge in [-0.2, -0.15) is 0 Å². The number of likely N-dealkylation sites (tertiary alicyclic amines) is 1. The second kappa shape index (κ2) is 7.01. The number of nitrogens with zero attached hydrogens (tertiary/aromatic N) is 2. The number of hydrogen-bond acceptors (Lipinski definition) is 3. The molecule has 1 atom stereocenters.